The van der Waals surface area contributed by atoms with Gasteiger partial charge in [-0.1, -0.05) is 46.3 Å². The quantitative estimate of drug-likeness (QED) is 0.469. The van der Waals surface area contributed by atoms with Gasteiger partial charge in [0.2, 0.25) is 0 Å². The highest BCUT2D eigenvalue weighted by Crippen LogP contribution is 2.30. The maximum Gasteiger partial charge on any atom is 0.183 e. The van der Waals surface area contributed by atoms with Gasteiger partial charge in [-0.3, -0.25) is 4.79 Å². The topological polar surface area (TPSA) is 26.3 Å². The minimum Gasteiger partial charge on any atom is -0.489 e. The van der Waals surface area contributed by atoms with E-state index >= 15 is 0 Å². The molecular weight excluding hydrogens is 348 g/mol. The van der Waals surface area contributed by atoms with Gasteiger partial charge in [-0.2, -0.15) is 0 Å². The van der Waals surface area contributed by atoms with Gasteiger partial charge in [0.05, 0.1) is 10.2 Å². The predicted molar refractivity (Wildman–Crippen MR) is 90.7 cm³/mol. The van der Waals surface area contributed by atoms with E-state index in [0.29, 0.717) is 11.9 Å². The van der Waals surface area contributed by atoms with Crippen molar-refractivity contribution in [3.63, 3.8) is 0 Å². The Balaban J connectivity index is 1.79. The Morgan fingerprint density at radius 1 is 1.10 bits per heavy atom. The fourth-order valence-electron chi connectivity index (χ4n) is 2.05. The average Bonchev–Trinajstić information content (AvgIpc) is 2.96. The van der Waals surface area contributed by atoms with Crippen LogP contribution in [-0.4, -0.2) is 11.1 Å². The lowest BCUT2D eigenvalue weighted by molar-refractivity contribution is 0.102. The van der Waals surface area contributed by atoms with Gasteiger partial charge in [-0.25, -0.2) is 0 Å². The number of hydrogen-bond donors (Lipinski definition) is 0. The summed E-state index contributed by atoms with van der Waals surface area (Å²) in [6.45, 7) is 0.547. The number of carbonyl (C=O) groups excluding carboxylic acids is 1. The molecule has 0 saturated carbocycles. The van der Waals surface area contributed by atoms with E-state index in [4.69, 9.17) is 4.74 Å². The number of ether oxygens (including phenoxy) is 1. The molecule has 0 aliphatic rings. The highest BCUT2D eigenvalue weighted by atomic mass is 79.9. The molecule has 0 unspecified atom stereocenters. The maximum atomic E-state index is 11.7. The lowest BCUT2D eigenvalue weighted by Gasteiger charge is -2.06. The number of rotatable bonds is 5. The van der Waals surface area contributed by atoms with Crippen LogP contribution >= 0.6 is 27.3 Å². The molecular formula is C17H13BrO2S. The van der Waals surface area contributed by atoms with Crippen LogP contribution in [-0.2, 0) is 6.61 Å². The van der Waals surface area contributed by atoms with Gasteiger partial charge in [0.25, 0.3) is 0 Å². The van der Waals surface area contributed by atoms with Crippen LogP contribution < -0.4 is 4.74 Å². The molecule has 21 heavy (non-hydrogen) atoms. The molecule has 0 N–H and O–H groups in total. The summed E-state index contributed by atoms with van der Waals surface area (Å²) in [4.78, 5) is 12.5. The number of thiophene rings is 1. The fraction of sp³-hybridized carbons (Fsp3) is 0.118. The number of benzene rings is 2. The summed E-state index contributed by atoms with van der Waals surface area (Å²) in [5.74, 6) is 0.939. The van der Waals surface area contributed by atoms with Gasteiger partial charge in [0, 0.05) is 4.70 Å². The van der Waals surface area contributed by atoms with Crippen molar-refractivity contribution in [3.8, 4) is 5.75 Å². The van der Waals surface area contributed by atoms with Crippen molar-refractivity contribution in [2.24, 2.45) is 0 Å². The Hall–Kier alpha value is -1.65. The standard InChI is InChI=1S/C17H13BrO2S/c18-10-15(19)17-8-13-6-7-14(9-16(13)21-17)20-11-12-4-2-1-3-5-12/h1-9H,10-11H2. The molecule has 0 bridgehead atoms. The summed E-state index contributed by atoms with van der Waals surface area (Å²) in [6, 6.07) is 17.9. The van der Waals surface area contributed by atoms with E-state index < -0.39 is 0 Å². The van der Waals surface area contributed by atoms with Crippen molar-refractivity contribution in [2.45, 2.75) is 6.61 Å². The second kappa shape index (κ2) is 6.41. The van der Waals surface area contributed by atoms with Crippen LogP contribution in [0.2, 0.25) is 0 Å². The van der Waals surface area contributed by atoms with Crippen molar-refractivity contribution in [1.82, 2.24) is 0 Å². The zero-order valence-corrected chi connectivity index (χ0v) is 13.6. The minimum atomic E-state index is 0.114. The van der Waals surface area contributed by atoms with Crippen LogP contribution in [0.3, 0.4) is 0 Å². The van der Waals surface area contributed by atoms with Crippen molar-refractivity contribution < 1.29 is 9.53 Å². The van der Waals surface area contributed by atoms with Crippen LogP contribution in [0.5, 0.6) is 5.75 Å². The summed E-state index contributed by atoms with van der Waals surface area (Å²) in [5, 5.41) is 1.44. The summed E-state index contributed by atoms with van der Waals surface area (Å²) >= 11 is 4.71. The van der Waals surface area contributed by atoms with Gasteiger partial charge in [-0.05, 0) is 35.2 Å². The van der Waals surface area contributed by atoms with Crippen LogP contribution in [0.25, 0.3) is 10.1 Å². The van der Waals surface area contributed by atoms with Crippen LogP contribution in [0.1, 0.15) is 15.2 Å². The minimum absolute atomic E-state index is 0.114. The Kier molecular flexibility index (Phi) is 4.36. The highest BCUT2D eigenvalue weighted by Gasteiger charge is 2.09. The van der Waals surface area contributed by atoms with Gasteiger partial charge in [0.15, 0.2) is 5.78 Å². The number of halogens is 1. The molecule has 0 aliphatic carbocycles. The van der Waals surface area contributed by atoms with E-state index in [2.05, 4.69) is 15.9 Å². The van der Waals surface area contributed by atoms with Crippen molar-refractivity contribution in [3.05, 3.63) is 65.0 Å². The molecule has 2 aromatic carbocycles. The Labute approximate surface area is 135 Å². The molecule has 3 aromatic rings. The van der Waals surface area contributed by atoms with Gasteiger partial charge in [-0.15, -0.1) is 11.3 Å². The summed E-state index contributed by atoms with van der Waals surface area (Å²) in [6.07, 6.45) is 0. The molecule has 0 radical (unpaired) electrons. The van der Waals surface area contributed by atoms with E-state index in [9.17, 15) is 4.79 Å². The molecule has 1 heterocycles. The summed E-state index contributed by atoms with van der Waals surface area (Å²) in [7, 11) is 0. The third-order valence-corrected chi connectivity index (χ3v) is 4.78. The molecule has 1 aromatic heterocycles. The van der Waals surface area contributed by atoms with Crippen LogP contribution in [0, 0.1) is 0 Å². The first-order valence-electron chi connectivity index (χ1n) is 6.56. The van der Waals surface area contributed by atoms with Gasteiger partial charge >= 0.3 is 0 Å². The largest absolute Gasteiger partial charge is 0.489 e. The molecule has 0 saturated heterocycles. The van der Waals surface area contributed by atoms with Crippen molar-refractivity contribution in [1.29, 1.82) is 0 Å². The van der Waals surface area contributed by atoms with Gasteiger partial charge < -0.3 is 4.74 Å². The van der Waals surface area contributed by atoms with E-state index in [0.717, 1.165) is 26.3 Å². The third-order valence-electron chi connectivity index (χ3n) is 3.14. The molecule has 4 heteroatoms. The molecule has 3 rings (SSSR count). The summed E-state index contributed by atoms with van der Waals surface area (Å²) in [5.41, 5.74) is 1.14. The first-order valence-corrected chi connectivity index (χ1v) is 8.49. The van der Waals surface area contributed by atoms with Gasteiger partial charge in [0.1, 0.15) is 12.4 Å². The van der Waals surface area contributed by atoms with E-state index in [1.807, 2.05) is 54.6 Å². The fourth-order valence-corrected chi connectivity index (χ4v) is 3.56. The van der Waals surface area contributed by atoms with E-state index in [1.54, 1.807) is 0 Å². The SMILES string of the molecule is O=C(CBr)c1cc2ccc(OCc3ccccc3)cc2s1. The lowest BCUT2D eigenvalue weighted by atomic mass is 10.2. The number of hydrogen-bond acceptors (Lipinski definition) is 3. The first-order chi connectivity index (χ1) is 10.3. The summed E-state index contributed by atoms with van der Waals surface area (Å²) < 4.78 is 6.88. The van der Waals surface area contributed by atoms with Crippen LogP contribution in [0.15, 0.2) is 54.6 Å². The molecule has 0 fully saturated rings. The first kappa shape index (κ1) is 14.3. The lowest BCUT2D eigenvalue weighted by Crippen LogP contribution is -1.94. The molecule has 0 amide bonds. The average molecular weight is 361 g/mol. The molecule has 0 aliphatic heterocycles. The molecule has 106 valence electrons. The normalized spacial score (nSPS) is 10.7. The zero-order valence-electron chi connectivity index (χ0n) is 11.2. The highest BCUT2D eigenvalue weighted by molar-refractivity contribution is 9.09. The van der Waals surface area contributed by atoms with Crippen molar-refractivity contribution in [2.75, 3.05) is 5.33 Å². The van der Waals surface area contributed by atoms with E-state index in [-0.39, 0.29) is 5.78 Å². The predicted octanol–water partition coefficient (Wildman–Crippen LogP) is 5.06. The Morgan fingerprint density at radius 3 is 2.67 bits per heavy atom. The number of ketones is 1. The number of Topliss-reactive ketones (excluding diaryl/α,β-unsaturated/α-hetero) is 1. The number of carbonyl (C=O) groups is 1. The zero-order chi connectivity index (χ0) is 14.7. The molecule has 0 atom stereocenters. The number of fused-ring (bicyclic) bond motifs is 1. The maximum absolute atomic E-state index is 11.7. The Bertz CT molecular complexity index is 765. The second-order valence-electron chi connectivity index (χ2n) is 4.64. The molecule has 0 spiro atoms. The second-order valence-corrected chi connectivity index (χ2v) is 6.29. The third kappa shape index (κ3) is 3.34. The monoisotopic (exact) mass is 360 g/mol. The molecule has 2 nitrogen and oxygen atoms in total. The number of alkyl halides is 1. The van der Waals surface area contributed by atoms with E-state index in [1.165, 1.54) is 11.3 Å². The van der Waals surface area contributed by atoms with Crippen molar-refractivity contribution >= 4 is 43.1 Å². The van der Waals surface area contributed by atoms with Crippen LogP contribution in [0.4, 0.5) is 0 Å². The Morgan fingerprint density at radius 2 is 1.90 bits per heavy atom. The smallest absolute Gasteiger partial charge is 0.183 e.